The molecule has 1 N–H and O–H groups in total. The van der Waals surface area contributed by atoms with Crippen LogP contribution in [0.5, 0.6) is 0 Å². The first-order chi connectivity index (χ1) is 9.78. The van der Waals surface area contributed by atoms with E-state index in [0.29, 0.717) is 12.0 Å². The van der Waals surface area contributed by atoms with E-state index >= 15 is 0 Å². The molecule has 0 saturated carbocycles. The Kier molecular flexibility index (Phi) is 4.27. The summed E-state index contributed by atoms with van der Waals surface area (Å²) < 4.78 is 6.56. The van der Waals surface area contributed by atoms with Gasteiger partial charge in [0.1, 0.15) is 5.76 Å². The van der Waals surface area contributed by atoms with Crippen LogP contribution < -0.4 is 5.32 Å². The van der Waals surface area contributed by atoms with Crippen LogP contribution in [0.4, 0.5) is 0 Å². The van der Waals surface area contributed by atoms with Gasteiger partial charge in [0.25, 0.3) is 0 Å². The summed E-state index contributed by atoms with van der Waals surface area (Å²) in [6, 6.07) is 13.1. The average molecular weight is 334 g/mol. The minimum absolute atomic E-state index is 0.305. The van der Waals surface area contributed by atoms with Crippen molar-refractivity contribution in [2.24, 2.45) is 0 Å². The summed E-state index contributed by atoms with van der Waals surface area (Å²) in [4.78, 5) is 0. The summed E-state index contributed by atoms with van der Waals surface area (Å²) in [7, 11) is 0. The molecule has 1 heterocycles. The fraction of sp³-hybridized carbons (Fsp3) is 0.412. The van der Waals surface area contributed by atoms with Crippen molar-refractivity contribution >= 4 is 15.9 Å². The largest absolute Gasteiger partial charge is 0.453 e. The molecule has 2 atom stereocenters. The highest BCUT2D eigenvalue weighted by molar-refractivity contribution is 9.10. The lowest BCUT2D eigenvalue weighted by Gasteiger charge is -2.32. The van der Waals surface area contributed by atoms with Gasteiger partial charge in [-0.1, -0.05) is 31.2 Å². The highest BCUT2D eigenvalue weighted by Crippen LogP contribution is 2.41. The highest BCUT2D eigenvalue weighted by Gasteiger charge is 2.29. The maximum atomic E-state index is 5.75. The monoisotopic (exact) mass is 333 g/mol. The maximum Gasteiger partial charge on any atom is 0.169 e. The van der Waals surface area contributed by atoms with Crippen LogP contribution in [0.3, 0.4) is 0 Å². The standard InChI is InChI=1S/C17H20BrNO/c1-2-9-19-15(16-7-8-17(18)20-16)11-13-10-12-5-3-4-6-14(12)13/h3-8,13,15,19H,2,9-11H2,1H3. The average Bonchev–Trinajstić information content (AvgIpc) is 2.86. The molecule has 0 aliphatic heterocycles. The molecule has 20 heavy (non-hydrogen) atoms. The van der Waals surface area contributed by atoms with Gasteiger partial charge in [0.05, 0.1) is 6.04 Å². The van der Waals surface area contributed by atoms with Crippen LogP contribution in [0.25, 0.3) is 0 Å². The van der Waals surface area contributed by atoms with Crippen LogP contribution in [-0.2, 0) is 6.42 Å². The van der Waals surface area contributed by atoms with Gasteiger partial charge in [0.2, 0.25) is 0 Å². The second kappa shape index (κ2) is 6.15. The van der Waals surface area contributed by atoms with Crippen molar-refractivity contribution in [2.75, 3.05) is 6.54 Å². The molecule has 1 aromatic heterocycles. The maximum absolute atomic E-state index is 5.75. The third-order valence-corrected chi connectivity index (χ3v) is 4.49. The Morgan fingerprint density at radius 3 is 2.85 bits per heavy atom. The number of rotatable bonds is 6. The molecule has 0 saturated heterocycles. The van der Waals surface area contributed by atoms with Gasteiger partial charge in [-0.15, -0.1) is 0 Å². The summed E-state index contributed by atoms with van der Waals surface area (Å²) in [5, 5.41) is 3.61. The van der Waals surface area contributed by atoms with Crippen LogP contribution in [0.2, 0.25) is 0 Å². The second-order valence-corrected chi connectivity index (χ2v) is 6.27. The lowest BCUT2D eigenvalue weighted by molar-refractivity contribution is 0.356. The molecule has 0 radical (unpaired) electrons. The molecule has 0 amide bonds. The molecule has 0 spiro atoms. The molecular formula is C17H20BrNO. The van der Waals surface area contributed by atoms with E-state index in [2.05, 4.69) is 58.5 Å². The SMILES string of the molecule is CCCNC(CC1Cc2ccccc21)c1ccc(Br)o1. The van der Waals surface area contributed by atoms with Crippen molar-refractivity contribution in [1.82, 2.24) is 5.32 Å². The molecular weight excluding hydrogens is 314 g/mol. The Morgan fingerprint density at radius 1 is 1.30 bits per heavy atom. The Balaban J connectivity index is 1.71. The van der Waals surface area contributed by atoms with E-state index in [1.807, 2.05) is 6.07 Å². The molecule has 2 aromatic rings. The molecule has 0 bridgehead atoms. The summed E-state index contributed by atoms with van der Waals surface area (Å²) in [6.45, 7) is 3.22. The molecule has 3 heteroatoms. The van der Waals surface area contributed by atoms with Crippen molar-refractivity contribution in [1.29, 1.82) is 0 Å². The van der Waals surface area contributed by atoms with Gasteiger partial charge in [0, 0.05) is 0 Å². The number of hydrogen-bond acceptors (Lipinski definition) is 2. The molecule has 1 aliphatic carbocycles. The van der Waals surface area contributed by atoms with Crippen LogP contribution in [0.1, 0.15) is 48.6 Å². The predicted molar refractivity (Wildman–Crippen MR) is 84.9 cm³/mol. The third kappa shape index (κ3) is 2.84. The topological polar surface area (TPSA) is 25.2 Å². The van der Waals surface area contributed by atoms with Gasteiger partial charge in [-0.3, -0.25) is 0 Å². The molecule has 106 valence electrons. The lowest BCUT2D eigenvalue weighted by atomic mass is 9.74. The highest BCUT2D eigenvalue weighted by atomic mass is 79.9. The Labute approximate surface area is 128 Å². The van der Waals surface area contributed by atoms with E-state index in [1.54, 1.807) is 0 Å². The number of furan rings is 1. The van der Waals surface area contributed by atoms with Crippen molar-refractivity contribution in [3.8, 4) is 0 Å². The van der Waals surface area contributed by atoms with Crippen molar-refractivity contribution in [3.05, 3.63) is 58.0 Å². The zero-order chi connectivity index (χ0) is 13.9. The second-order valence-electron chi connectivity index (χ2n) is 5.48. The van der Waals surface area contributed by atoms with Gasteiger partial charge in [-0.2, -0.15) is 0 Å². The first-order valence-corrected chi connectivity index (χ1v) is 8.13. The summed E-state index contributed by atoms with van der Waals surface area (Å²) in [5.41, 5.74) is 3.02. The Hall–Kier alpha value is -1.06. The minimum atomic E-state index is 0.305. The quantitative estimate of drug-likeness (QED) is 0.820. The fourth-order valence-corrected chi connectivity index (χ4v) is 3.31. The Morgan fingerprint density at radius 2 is 2.15 bits per heavy atom. The number of halogens is 1. The first kappa shape index (κ1) is 13.9. The van der Waals surface area contributed by atoms with E-state index in [1.165, 1.54) is 17.5 Å². The minimum Gasteiger partial charge on any atom is -0.453 e. The molecule has 1 aliphatic rings. The van der Waals surface area contributed by atoms with Crippen molar-refractivity contribution in [3.63, 3.8) is 0 Å². The van der Waals surface area contributed by atoms with Crippen molar-refractivity contribution in [2.45, 2.75) is 38.1 Å². The fourth-order valence-electron chi connectivity index (χ4n) is 2.99. The van der Waals surface area contributed by atoms with Gasteiger partial charge in [0.15, 0.2) is 4.67 Å². The van der Waals surface area contributed by atoms with Crippen LogP contribution in [0.15, 0.2) is 45.5 Å². The van der Waals surface area contributed by atoms with E-state index in [0.717, 1.165) is 29.8 Å². The van der Waals surface area contributed by atoms with Gasteiger partial charge in [-0.25, -0.2) is 0 Å². The number of fused-ring (bicyclic) bond motifs is 1. The van der Waals surface area contributed by atoms with Crippen LogP contribution in [0, 0.1) is 0 Å². The van der Waals surface area contributed by atoms with Crippen molar-refractivity contribution < 1.29 is 4.42 Å². The molecule has 1 aromatic carbocycles. The van der Waals surface area contributed by atoms with Gasteiger partial charge in [-0.05, 0) is 70.9 Å². The zero-order valence-electron chi connectivity index (χ0n) is 11.7. The molecule has 3 rings (SSSR count). The number of nitrogens with one attached hydrogen (secondary N) is 1. The van der Waals surface area contributed by atoms with E-state index < -0.39 is 0 Å². The molecule has 2 nitrogen and oxygen atoms in total. The van der Waals surface area contributed by atoms with Crippen LogP contribution in [-0.4, -0.2) is 6.54 Å². The van der Waals surface area contributed by atoms with Gasteiger partial charge >= 0.3 is 0 Å². The third-order valence-electron chi connectivity index (χ3n) is 4.06. The summed E-state index contributed by atoms with van der Waals surface area (Å²) >= 11 is 3.40. The number of benzene rings is 1. The predicted octanol–water partition coefficient (Wildman–Crippen LogP) is 4.81. The Bertz CT molecular complexity index is 578. The molecule has 0 fully saturated rings. The summed E-state index contributed by atoms with van der Waals surface area (Å²) in [6.07, 6.45) is 3.44. The van der Waals surface area contributed by atoms with E-state index in [-0.39, 0.29) is 0 Å². The van der Waals surface area contributed by atoms with E-state index in [4.69, 9.17) is 4.42 Å². The first-order valence-electron chi connectivity index (χ1n) is 7.34. The zero-order valence-corrected chi connectivity index (χ0v) is 13.3. The molecule has 2 unspecified atom stereocenters. The summed E-state index contributed by atoms with van der Waals surface area (Å²) in [5.74, 6) is 1.69. The number of hydrogen-bond donors (Lipinski definition) is 1. The van der Waals surface area contributed by atoms with Gasteiger partial charge < -0.3 is 9.73 Å². The van der Waals surface area contributed by atoms with Crippen LogP contribution >= 0.6 is 15.9 Å². The normalized spacial score (nSPS) is 18.4. The smallest absolute Gasteiger partial charge is 0.169 e. The lowest BCUT2D eigenvalue weighted by Crippen LogP contribution is -2.27. The van der Waals surface area contributed by atoms with E-state index in [9.17, 15) is 0 Å².